The van der Waals surface area contributed by atoms with E-state index in [-0.39, 0.29) is 6.61 Å². The Labute approximate surface area is 108 Å². The molecule has 2 heteroatoms. The van der Waals surface area contributed by atoms with Crippen molar-refractivity contribution in [1.29, 1.82) is 0 Å². The molecular weight excluding hydrogens is 212 g/mol. The Bertz CT molecular complexity index is 137. The van der Waals surface area contributed by atoms with Gasteiger partial charge in [-0.2, -0.15) is 0 Å². The quantitative estimate of drug-likeness (QED) is 0.489. The van der Waals surface area contributed by atoms with Crippen LogP contribution in [0.25, 0.3) is 0 Å². The van der Waals surface area contributed by atoms with Crippen molar-refractivity contribution >= 4 is 0 Å². The van der Waals surface area contributed by atoms with E-state index in [1.165, 1.54) is 51.4 Å². The average molecular weight is 244 g/mol. The smallest absolute Gasteiger partial charge is 0.0572 e. The number of rotatable bonds is 13. The molecule has 0 aromatic heterocycles. The van der Waals surface area contributed by atoms with E-state index in [9.17, 15) is 0 Å². The van der Waals surface area contributed by atoms with Gasteiger partial charge in [0.05, 0.1) is 6.10 Å². The van der Waals surface area contributed by atoms with E-state index in [1.807, 2.05) is 0 Å². The van der Waals surface area contributed by atoms with Gasteiger partial charge in [0.15, 0.2) is 0 Å². The zero-order valence-electron chi connectivity index (χ0n) is 11.9. The van der Waals surface area contributed by atoms with Crippen molar-refractivity contribution in [3.05, 3.63) is 0 Å². The standard InChI is InChI=1S/C15H32O2/c1-3-5-6-7-8-9-10-12-15(4-2)17-14-11-13-16/h15-16H,3-14H2,1-2H3. The molecule has 0 saturated carbocycles. The Morgan fingerprint density at radius 2 is 1.53 bits per heavy atom. The maximum absolute atomic E-state index is 8.69. The lowest BCUT2D eigenvalue weighted by molar-refractivity contribution is 0.0349. The van der Waals surface area contributed by atoms with Gasteiger partial charge in [-0.05, 0) is 19.3 Å². The highest BCUT2D eigenvalue weighted by Crippen LogP contribution is 2.13. The summed E-state index contributed by atoms with van der Waals surface area (Å²) in [5.74, 6) is 0. The van der Waals surface area contributed by atoms with Crippen LogP contribution in [-0.2, 0) is 4.74 Å². The second-order valence-electron chi connectivity index (χ2n) is 4.89. The van der Waals surface area contributed by atoms with Gasteiger partial charge in [0, 0.05) is 13.2 Å². The van der Waals surface area contributed by atoms with Crippen molar-refractivity contribution in [1.82, 2.24) is 0 Å². The van der Waals surface area contributed by atoms with Crippen LogP contribution in [-0.4, -0.2) is 24.4 Å². The summed E-state index contributed by atoms with van der Waals surface area (Å²) in [5.41, 5.74) is 0. The lowest BCUT2D eigenvalue weighted by Gasteiger charge is -2.15. The van der Waals surface area contributed by atoms with E-state index in [0.29, 0.717) is 12.7 Å². The molecule has 1 unspecified atom stereocenters. The lowest BCUT2D eigenvalue weighted by Crippen LogP contribution is -2.13. The van der Waals surface area contributed by atoms with E-state index >= 15 is 0 Å². The molecule has 1 atom stereocenters. The van der Waals surface area contributed by atoms with Crippen molar-refractivity contribution < 1.29 is 9.84 Å². The van der Waals surface area contributed by atoms with Gasteiger partial charge < -0.3 is 9.84 Å². The summed E-state index contributed by atoms with van der Waals surface area (Å²) < 4.78 is 5.72. The van der Waals surface area contributed by atoms with Gasteiger partial charge in [-0.1, -0.05) is 58.8 Å². The molecule has 1 N–H and O–H groups in total. The summed E-state index contributed by atoms with van der Waals surface area (Å²) in [5, 5.41) is 8.69. The zero-order chi connectivity index (χ0) is 12.8. The first-order chi connectivity index (χ1) is 8.35. The second kappa shape index (κ2) is 14.0. The third-order valence-electron chi connectivity index (χ3n) is 3.24. The summed E-state index contributed by atoms with van der Waals surface area (Å²) in [6, 6.07) is 0. The molecule has 0 aromatic carbocycles. The molecule has 0 heterocycles. The van der Waals surface area contributed by atoms with Crippen LogP contribution in [0.4, 0.5) is 0 Å². The highest BCUT2D eigenvalue weighted by Gasteiger charge is 2.05. The van der Waals surface area contributed by atoms with Crippen LogP contribution in [0, 0.1) is 0 Å². The fourth-order valence-electron chi connectivity index (χ4n) is 2.05. The third kappa shape index (κ3) is 12.2. The van der Waals surface area contributed by atoms with Crippen molar-refractivity contribution in [3.8, 4) is 0 Å². The fourth-order valence-corrected chi connectivity index (χ4v) is 2.05. The summed E-state index contributed by atoms with van der Waals surface area (Å²) in [4.78, 5) is 0. The Balaban J connectivity index is 3.25. The number of ether oxygens (including phenoxy) is 1. The molecule has 0 aromatic rings. The lowest BCUT2D eigenvalue weighted by atomic mass is 10.1. The van der Waals surface area contributed by atoms with Gasteiger partial charge >= 0.3 is 0 Å². The molecular formula is C15H32O2. The number of aliphatic hydroxyl groups excluding tert-OH is 1. The van der Waals surface area contributed by atoms with E-state index in [1.54, 1.807) is 0 Å². The van der Waals surface area contributed by atoms with Crippen LogP contribution in [0.1, 0.15) is 78.1 Å². The highest BCUT2D eigenvalue weighted by molar-refractivity contribution is 4.56. The summed E-state index contributed by atoms with van der Waals surface area (Å²) in [6.45, 7) is 5.40. The SMILES string of the molecule is CCCCCCCCCC(CC)OCCCO. The van der Waals surface area contributed by atoms with Gasteiger partial charge in [-0.15, -0.1) is 0 Å². The van der Waals surface area contributed by atoms with Crippen LogP contribution in [0.15, 0.2) is 0 Å². The fraction of sp³-hybridized carbons (Fsp3) is 1.00. The third-order valence-corrected chi connectivity index (χ3v) is 3.24. The maximum Gasteiger partial charge on any atom is 0.0572 e. The van der Waals surface area contributed by atoms with Crippen molar-refractivity contribution in [2.45, 2.75) is 84.2 Å². The Kier molecular flexibility index (Phi) is 13.9. The number of hydrogen-bond donors (Lipinski definition) is 1. The molecule has 0 bridgehead atoms. The van der Waals surface area contributed by atoms with Gasteiger partial charge in [-0.25, -0.2) is 0 Å². The van der Waals surface area contributed by atoms with Crippen molar-refractivity contribution in [2.24, 2.45) is 0 Å². The topological polar surface area (TPSA) is 29.5 Å². The van der Waals surface area contributed by atoms with E-state index in [2.05, 4.69) is 13.8 Å². The largest absolute Gasteiger partial charge is 0.396 e. The van der Waals surface area contributed by atoms with Crippen LogP contribution in [0.3, 0.4) is 0 Å². The Morgan fingerprint density at radius 3 is 2.12 bits per heavy atom. The molecule has 0 amide bonds. The Hall–Kier alpha value is -0.0800. The first-order valence-electron chi connectivity index (χ1n) is 7.57. The van der Waals surface area contributed by atoms with E-state index in [4.69, 9.17) is 9.84 Å². The van der Waals surface area contributed by atoms with Crippen LogP contribution >= 0.6 is 0 Å². The Morgan fingerprint density at radius 1 is 0.882 bits per heavy atom. The van der Waals surface area contributed by atoms with E-state index in [0.717, 1.165) is 12.8 Å². The molecule has 0 aliphatic carbocycles. The summed E-state index contributed by atoms with van der Waals surface area (Å²) >= 11 is 0. The molecule has 0 radical (unpaired) electrons. The van der Waals surface area contributed by atoms with Gasteiger partial charge in [0.25, 0.3) is 0 Å². The predicted octanol–water partition coefficient (Wildman–Crippen LogP) is 4.30. The number of unbranched alkanes of at least 4 members (excludes halogenated alkanes) is 6. The van der Waals surface area contributed by atoms with E-state index < -0.39 is 0 Å². The summed E-state index contributed by atoms with van der Waals surface area (Å²) in [6.07, 6.45) is 13.0. The monoisotopic (exact) mass is 244 g/mol. The maximum atomic E-state index is 8.69. The van der Waals surface area contributed by atoms with Crippen molar-refractivity contribution in [2.75, 3.05) is 13.2 Å². The minimum atomic E-state index is 0.244. The van der Waals surface area contributed by atoms with Crippen LogP contribution in [0.2, 0.25) is 0 Å². The molecule has 0 aliphatic rings. The number of aliphatic hydroxyl groups is 1. The van der Waals surface area contributed by atoms with Crippen LogP contribution < -0.4 is 0 Å². The zero-order valence-corrected chi connectivity index (χ0v) is 11.9. The number of hydrogen-bond acceptors (Lipinski definition) is 2. The predicted molar refractivity (Wildman–Crippen MR) is 74.3 cm³/mol. The van der Waals surface area contributed by atoms with Crippen LogP contribution in [0.5, 0.6) is 0 Å². The second-order valence-corrected chi connectivity index (χ2v) is 4.89. The van der Waals surface area contributed by atoms with Gasteiger partial charge in [0.2, 0.25) is 0 Å². The molecule has 17 heavy (non-hydrogen) atoms. The minimum absolute atomic E-state index is 0.244. The summed E-state index contributed by atoms with van der Waals surface area (Å²) in [7, 11) is 0. The molecule has 2 nitrogen and oxygen atoms in total. The molecule has 0 rings (SSSR count). The van der Waals surface area contributed by atoms with Gasteiger partial charge in [-0.3, -0.25) is 0 Å². The van der Waals surface area contributed by atoms with Gasteiger partial charge in [0.1, 0.15) is 0 Å². The molecule has 104 valence electrons. The highest BCUT2D eigenvalue weighted by atomic mass is 16.5. The first-order valence-corrected chi connectivity index (χ1v) is 7.57. The van der Waals surface area contributed by atoms with Crippen molar-refractivity contribution in [3.63, 3.8) is 0 Å². The molecule has 0 saturated heterocycles. The molecule has 0 spiro atoms. The normalized spacial score (nSPS) is 12.9. The first kappa shape index (κ1) is 16.9. The average Bonchev–Trinajstić information content (AvgIpc) is 2.35. The molecule has 0 fully saturated rings. The molecule has 0 aliphatic heterocycles. The minimum Gasteiger partial charge on any atom is -0.396 e.